The van der Waals surface area contributed by atoms with Gasteiger partial charge in [0.05, 0.1) is 0 Å². The molecule has 0 aliphatic rings. The Morgan fingerprint density at radius 2 is 0.889 bits per heavy atom. The minimum absolute atomic E-state index is 0. The van der Waals surface area contributed by atoms with E-state index in [2.05, 4.69) is 0 Å². The third-order valence-electron chi connectivity index (χ3n) is 0. The molecule has 0 atom stereocenters. The molecule has 0 fully saturated rings. The minimum Gasteiger partial charge on any atom is -0.759 e. The van der Waals surface area contributed by atoms with E-state index in [4.69, 9.17) is 17.5 Å². The SMILES string of the molecule is N.N.O=S(=O)([O-])[O-].[Ag+].[Ag+]. The minimum atomic E-state index is -5.17. The van der Waals surface area contributed by atoms with E-state index < -0.39 is 10.4 Å². The van der Waals surface area contributed by atoms with E-state index in [9.17, 15) is 0 Å². The molecule has 0 saturated carbocycles. The van der Waals surface area contributed by atoms with E-state index >= 15 is 0 Å². The van der Waals surface area contributed by atoms with Crippen LogP contribution in [0.25, 0.3) is 0 Å². The molecule has 0 unspecified atom stereocenters. The Morgan fingerprint density at radius 3 is 0.889 bits per heavy atom. The van der Waals surface area contributed by atoms with E-state index in [0.29, 0.717) is 0 Å². The van der Waals surface area contributed by atoms with E-state index in [1.807, 2.05) is 0 Å². The predicted molar refractivity (Wildman–Crippen MR) is 20.5 cm³/mol. The van der Waals surface area contributed by atoms with Crippen LogP contribution in [0.15, 0.2) is 0 Å². The van der Waals surface area contributed by atoms with Gasteiger partial charge >= 0.3 is 44.8 Å². The fourth-order valence-electron chi connectivity index (χ4n) is 0. The average Bonchev–Trinajstić information content (AvgIpc) is 0.722. The van der Waals surface area contributed by atoms with Crippen LogP contribution >= 0.6 is 0 Å². The van der Waals surface area contributed by atoms with Crippen molar-refractivity contribution >= 4 is 10.4 Å². The molecule has 0 spiro atoms. The Bertz CT molecular complexity index is 99.7. The molecule has 9 heavy (non-hydrogen) atoms. The molecule has 0 aliphatic heterocycles. The number of hydrogen-bond acceptors (Lipinski definition) is 6. The van der Waals surface area contributed by atoms with Crippen LogP contribution in [-0.4, -0.2) is 17.5 Å². The molecule has 0 heterocycles. The van der Waals surface area contributed by atoms with Gasteiger partial charge in [0.15, 0.2) is 0 Å². The van der Waals surface area contributed by atoms with Crippen molar-refractivity contribution in [3.8, 4) is 0 Å². The summed E-state index contributed by atoms with van der Waals surface area (Å²) in [6.45, 7) is 0. The van der Waals surface area contributed by atoms with Gasteiger partial charge in [0, 0.05) is 10.4 Å². The molecule has 6 nitrogen and oxygen atoms in total. The van der Waals surface area contributed by atoms with Crippen molar-refractivity contribution in [3.05, 3.63) is 0 Å². The van der Waals surface area contributed by atoms with Gasteiger partial charge in [0.1, 0.15) is 0 Å². The third kappa shape index (κ3) is 304. The summed E-state index contributed by atoms with van der Waals surface area (Å²) in [5, 5.41) is 0. The second-order valence-corrected chi connectivity index (χ2v) is 1.22. The van der Waals surface area contributed by atoms with Gasteiger partial charge in [0.2, 0.25) is 0 Å². The molecule has 0 aromatic rings. The summed E-state index contributed by atoms with van der Waals surface area (Å²) >= 11 is 0. The van der Waals surface area contributed by atoms with Gasteiger partial charge < -0.3 is 21.4 Å². The van der Waals surface area contributed by atoms with Crippen LogP contribution in [0.2, 0.25) is 0 Å². The Kier molecular flexibility index (Phi) is 42.4. The topological polar surface area (TPSA) is 150 Å². The van der Waals surface area contributed by atoms with E-state index in [1.165, 1.54) is 0 Å². The normalized spacial score (nSPS) is 6.44. The van der Waals surface area contributed by atoms with Crippen molar-refractivity contribution in [1.29, 1.82) is 0 Å². The van der Waals surface area contributed by atoms with Crippen LogP contribution < -0.4 is 12.3 Å². The molecule has 0 amide bonds. The van der Waals surface area contributed by atoms with Gasteiger partial charge in [-0.1, -0.05) is 0 Å². The van der Waals surface area contributed by atoms with Crippen molar-refractivity contribution < 1.29 is 62.3 Å². The van der Waals surface area contributed by atoms with Crippen LogP contribution in [0.1, 0.15) is 0 Å². The third-order valence-corrected chi connectivity index (χ3v) is 0. The van der Waals surface area contributed by atoms with Crippen LogP contribution in [0, 0.1) is 0 Å². The number of rotatable bonds is 0. The van der Waals surface area contributed by atoms with Gasteiger partial charge in [-0.15, -0.1) is 0 Å². The Balaban J connectivity index is -0.0000000133. The van der Waals surface area contributed by atoms with Crippen molar-refractivity contribution in [2.24, 2.45) is 0 Å². The summed E-state index contributed by atoms with van der Waals surface area (Å²) in [7, 11) is -5.17. The van der Waals surface area contributed by atoms with Gasteiger partial charge in [0.25, 0.3) is 0 Å². The van der Waals surface area contributed by atoms with Gasteiger partial charge in [-0.2, -0.15) is 0 Å². The molecular weight excluding hydrogens is 340 g/mol. The maximum atomic E-state index is 8.52. The van der Waals surface area contributed by atoms with Gasteiger partial charge in [-0.05, 0) is 0 Å². The van der Waals surface area contributed by atoms with Gasteiger partial charge in [-0.3, -0.25) is 8.42 Å². The maximum absolute atomic E-state index is 8.52. The van der Waals surface area contributed by atoms with E-state index in [-0.39, 0.29) is 57.1 Å². The Morgan fingerprint density at radius 1 is 0.889 bits per heavy atom. The quantitative estimate of drug-likeness (QED) is 0.326. The molecule has 0 aliphatic carbocycles. The summed E-state index contributed by atoms with van der Waals surface area (Å²) in [5.41, 5.74) is 0. The molecule has 9 heteroatoms. The molecular formula is H6Ag2N2O4S. The summed E-state index contributed by atoms with van der Waals surface area (Å²) in [6.07, 6.45) is 0. The summed E-state index contributed by atoms with van der Waals surface area (Å²) < 4.78 is 34.1. The summed E-state index contributed by atoms with van der Waals surface area (Å²) in [4.78, 5) is 0. The molecule has 6 N–H and O–H groups in total. The zero-order chi connectivity index (χ0) is 4.50. The molecule has 0 saturated heterocycles. The molecule has 68 valence electrons. The molecule has 0 bridgehead atoms. The van der Waals surface area contributed by atoms with E-state index in [1.54, 1.807) is 0 Å². The molecule has 0 rings (SSSR count). The Labute approximate surface area is 84.5 Å². The first-order chi connectivity index (χ1) is 2.00. The van der Waals surface area contributed by atoms with E-state index in [0.717, 1.165) is 0 Å². The van der Waals surface area contributed by atoms with Crippen LogP contribution in [0.4, 0.5) is 0 Å². The largest absolute Gasteiger partial charge is 1.00 e. The second-order valence-electron chi connectivity index (χ2n) is 0.408. The van der Waals surface area contributed by atoms with Gasteiger partial charge in [-0.25, -0.2) is 0 Å². The molecule has 0 radical (unpaired) electrons. The molecule has 0 aromatic carbocycles. The van der Waals surface area contributed by atoms with Crippen molar-refractivity contribution in [2.75, 3.05) is 0 Å². The van der Waals surface area contributed by atoms with Crippen LogP contribution in [0.3, 0.4) is 0 Å². The zero-order valence-electron chi connectivity index (χ0n) is 4.06. The fourth-order valence-corrected chi connectivity index (χ4v) is 0. The average molecular weight is 346 g/mol. The van der Waals surface area contributed by atoms with Crippen LogP contribution in [0.5, 0.6) is 0 Å². The van der Waals surface area contributed by atoms with Crippen LogP contribution in [-0.2, 0) is 55.2 Å². The zero-order valence-corrected chi connectivity index (χ0v) is 7.84. The summed E-state index contributed by atoms with van der Waals surface area (Å²) in [5.74, 6) is 0. The standard InChI is InChI=1S/2Ag.2H3N.H2O4S/c;;;;1-5(2,3)4/h;;2*1H3;(H2,1,2,3,4)/q2*+1;;;/p-2. The summed E-state index contributed by atoms with van der Waals surface area (Å²) in [6, 6.07) is 0. The fraction of sp³-hybridized carbons (Fsp3) is 0. The second kappa shape index (κ2) is 12.0. The Hall–Kier alpha value is 1.27. The first-order valence-corrected chi connectivity index (χ1v) is 2.00. The first kappa shape index (κ1) is 31.8. The number of hydrogen-bond donors (Lipinski definition) is 2. The monoisotopic (exact) mass is 344 g/mol. The van der Waals surface area contributed by atoms with Crippen molar-refractivity contribution in [1.82, 2.24) is 12.3 Å². The van der Waals surface area contributed by atoms with Crippen molar-refractivity contribution in [2.45, 2.75) is 0 Å². The predicted octanol–water partition coefficient (Wildman–Crippen LogP) is -1.02. The smallest absolute Gasteiger partial charge is 0.759 e. The maximum Gasteiger partial charge on any atom is 1.00 e. The first-order valence-electron chi connectivity index (χ1n) is 0.667. The van der Waals surface area contributed by atoms with Crippen molar-refractivity contribution in [3.63, 3.8) is 0 Å². The molecule has 0 aromatic heterocycles.